The summed E-state index contributed by atoms with van der Waals surface area (Å²) < 4.78 is 0. The SMILES string of the molecule is CCN1CCN(CCCCNC(=O)NCC(C(C)C)N2CCCCCC2)CC1. The molecule has 0 spiro atoms. The van der Waals surface area contributed by atoms with Crippen LogP contribution in [0.2, 0.25) is 0 Å². The Labute approximate surface area is 173 Å². The van der Waals surface area contributed by atoms with Crippen molar-refractivity contribution in [2.75, 3.05) is 65.4 Å². The predicted molar refractivity (Wildman–Crippen MR) is 118 cm³/mol. The van der Waals surface area contributed by atoms with Crippen LogP contribution in [0.5, 0.6) is 0 Å². The monoisotopic (exact) mass is 395 g/mol. The first-order valence-electron chi connectivity index (χ1n) is 11.8. The second-order valence-electron chi connectivity index (χ2n) is 8.88. The van der Waals surface area contributed by atoms with E-state index >= 15 is 0 Å². The number of piperazine rings is 1. The molecule has 2 N–H and O–H groups in total. The largest absolute Gasteiger partial charge is 0.338 e. The van der Waals surface area contributed by atoms with Crippen LogP contribution in [-0.4, -0.2) is 92.2 Å². The number of unbranched alkanes of at least 4 members (excludes halogenated alkanes) is 1. The van der Waals surface area contributed by atoms with Crippen molar-refractivity contribution in [2.45, 2.75) is 65.3 Å². The van der Waals surface area contributed by atoms with E-state index in [9.17, 15) is 4.79 Å². The Balaban J connectivity index is 1.55. The van der Waals surface area contributed by atoms with Crippen molar-refractivity contribution in [3.8, 4) is 0 Å². The van der Waals surface area contributed by atoms with E-state index in [1.54, 1.807) is 0 Å². The highest BCUT2D eigenvalue weighted by Crippen LogP contribution is 2.17. The summed E-state index contributed by atoms with van der Waals surface area (Å²) in [6, 6.07) is 0.447. The van der Waals surface area contributed by atoms with Crippen LogP contribution < -0.4 is 10.6 Å². The summed E-state index contributed by atoms with van der Waals surface area (Å²) in [5.74, 6) is 0.562. The molecule has 6 heteroatoms. The van der Waals surface area contributed by atoms with E-state index < -0.39 is 0 Å². The standard InChI is InChI=1S/C22H45N5O/c1-4-25-15-17-26(18-16-25)12-10-7-11-23-22(28)24-19-21(20(2)3)27-13-8-5-6-9-14-27/h20-21H,4-19H2,1-3H3,(H2,23,24,28). The fraction of sp³-hybridized carbons (Fsp3) is 0.955. The Morgan fingerprint density at radius 2 is 1.50 bits per heavy atom. The number of carbonyl (C=O) groups excluding carboxylic acids is 1. The Bertz CT molecular complexity index is 415. The van der Waals surface area contributed by atoms with Gasteiger partial charge in [-0.05, 0) is 57.8 Å². The normalized spacial score (nSPS) is 21.4. The van der Waals surface area contributed by atoms with Gasteiger partial charge in [-0.2, -0.15) is 0 Å². The summed E-state index contributed by atoms with van der Waals surface area (Å²) in [6.07, 6.45) is 7.51. The number of hydrogen-bond donors (Lipinski definition) is 2. The number of amides is 2. The van der Waals surface area contributed by atoms with Gasteiger partial charge in [0.05, 0.1) is 0 Å². The minimum atomic E-state index is -0.00275. The predicted octanol–water partition coefficient (Wildman–Crippen LogP) is 2.60. The maximum atomic E-state index is 12.2. The first-order valence-corrected chi connectivity index (χ1v) is 11.8. The Morgan fingerprint density at radius 3 is 2.11 bits per heavy atom. The maximum absolute atomic E-state index is 12.2. The van der Waals surface area contributed by atoms with Crippen molar-refractivity contribution in [3.05, 3.63) is 0 Å². The lowest BCUT2D eigenvalue weighted by Crippen LogP contribution is -2.49. The molecule has 2 saturated heterocycles. The number of likely N-dealkylation sites (N-methyl/N-ethyl adjacent to an activating group) is 1. The van der Waals surface area contributed by atoms with Crippen LogP contribution in [0, 0.1) is 5.92 Å². The number of rotatable bonds is 10. The topological polar surface area (TPSA) is 50.9 Å². The highest BCUT2D eigenvalue weighted by molar-refractivity contribution is 5.73. The number of nitrogens with one attached hydrogen (secondary N) is 2. The first kappa shape index (κ1) is 23.4. The number of likely N-dealkylation sites (tertiary alicyclic amines) is 1. The van der Waals surface area contributed by atoms with Gasteiger partial charge >= 0.3 is 6.03 Å². The lowest BCUT2D eigenvalue weighted by Gasteiger charge is -2.34. The summed E-state index contributed by atoms with van der Waals surface area (Å²) in [5, 5.41) is 6.18. The third-order valence-electron chi connectivity index (χ3n) is 6.45. The summed E-state index contributed by atoms with van der Waals surface area (Å²) in [5.41, 5.74) is 0. The molecule has 1 atom stereocenters. The van der Waals surface area contributed by atoms with Crippen LogP contribution in [0.15, 0.2) is 0 Å². The van der Waals surface area contributed by atoms with Gasteiger partial charge in [-0.1, -0.05) is 33.6 Å². The van der Waals surface area contributed by atoms with Gasteiger partial charge < -0.3 is 20.4 Å². The van der Waals surface area contributed by atoms with Gasteiger partial charge in [0, 0.05) is 45.3 Å². The summed E-state index contributed by atoms with van der Waals surface area (Å²) in [4.78, 5) is 19.9. The maximum Gasteiger partial charge on any atom is 0.314 e. The molecule has 2 amide bonds. The lowest BCUT2D eigenvalue weighted by molar-refractivity contribution is 0.135. The minimum Gasteiger partial charge on any atom is -0.338 e. The molecule has 0 aromatic rings. The van der Waals surface area contributed by atoms with Crippen molar-refractivity contribution in [1.29, 1.82) is 0 Å². The lowest BCUT2D eigenvalue weighted by atomic mass is 10.0. The van der Waals surface area contributed by atoms with Crippen LogP contribution in [-0.2, 0) is 0 Å². The second kappa shape index (κ2) is 13.4. The van der Waals surface area contributed by atoms with E-state index in [2.05, 4.69) is 46.1 Å². The van der Waals surface area contributed by atoms with E-state index in [4.69, 9.17) is 0 Å². The number of nitrogens with zero attached hydrogens (tertiary/aromatic N) is 3. The Morgan fingerprint density at radius 1 is 0.857 bits per heavy atom. The molecule has 0 radical (unpaired) electrons. The highest BCUT2D eigenvalue weighted by Gasteiger charge is 2.23. The van der Waals surface area contributed by atoms with Crippen LogP contribution in [0.3, 0.4) is 0 Å². The molecule has 0 aromatic heterocycles. The molecule has 28 heavy (non-hydrogen) atoms. The molecule has 2 aliphatic heterocycles. The third-order valence-corrected chi connectivity index (χ3v) is 6.45. The minimum absolute atomic E-state index is 0.00275. The van der Waals surface area contributed by atoms with Crippen molar-refractivity contribution in [3.63, 3.8) is 0 Å². The molecule has 0 aromatic carbocycles. The van der Waals surface area contributed by atoms with Crippen LogP contribution >= 0.6 is 0 Å². The Hall–Kier alpha value is -0.850. The van der Waals surface area contributed by atoms with Crippen molar-refractivity contribution >= 4 is 6.03 Å². The van der Waals surface area contributed by atoms with Gasteiger partial charge in [0.25, 0.3) is 0 Å². The zero-order valence-corrected chi connectivity index (χ0v) is 18.7. The van der Waals surface area contributed by atoms with Gasteiger partial charge in [-0.15, -0.1) is 0 Å². The molecule has 2 rings (SSSR count). The van der Waals surface area contributed by atoms with Crippen molar-refractivity contribution < 1.29 is 4.79 Å². The van der Waals surface area contributed by atoms with Gasteiger partial charge in [0.15, 0.2) is 0 Å². The average Bonchev–Trinajstić information content (AvgIpc) is 2.97. The molecule has 0 saturated carbocycles. The van der Waals surface area contributed by atoms with Crippen LogP contribution in [0.25, 0.3) is 0 Å². The fourth-order valence-electron chi connectivity index (χ4n) is 4.46. The van der Waals surface area contributed by atoms with Gasteiger partial charge in [-0.25, -0.2) is 4.79 Å². The first-order chi connectivity index (χ1) is 13.6. The second-order valence-corrected chi connectivity index (χ2v) is 8.88. The quantitative estimate of drug-likeness (QED) is 0.558. The van der Waals surface area contributed by atoms with Gasteiger partial charge in [0.2, 0.25) is 0 Å². The number of hydrogen-bond acceptors (Lipinski definition) is 4. The fourth-order valence-corrected chi connectivity index (χ4v) is 4.46. The molecule has 1 unspecified atom stereocenters. The van der Waals surface area contributed by atoms with Crippen LogP contribution in [0.1, 0.15) is 59.3 Å². The summed E-state index contributed by atoms with van der Waals surface area (Å²) in [7, 11) is 0. The smallest absolute Gasteiger partial charge is 0.314 e. The number of carbonyl (C=O) groups is 1. The van der Waals surface area contributed by atoms with Crippen LogP contribution in [0.4, 0.5) is 4.79 Å². The molecule has 164 valence electrons. The summed E-state index contributed by atoms with van der Waals surface area (Å²) in [6.45, 7) is 17.8. The number of urea groups is 1. The molecule has 2 heterocycles. The van der Waals surface area contributed by atoms with Gasteiger partial charge in [0.1, 0.15) is 0 Å². The summed E-state index contributed by atoms with van der Waals surface area (Å²) >= 11 is 0. The molecule has 0 aliphatic carbocycles. The molecular weight excluding hydrogens is 350 g/mol. The molecule has 2 fully saturated rings. The van der Waals surface area contributed by atoms with E-state index in [1.807, 2.05) is 0 Å². The van der Waals surface area contributed by atoms with E-state index in [0.717, 1.165) is 32.5 Å². The molecule has 2 aliphatic rings. The zero-order valence-electron chi connectivity index (χ0n) is 18.7. The van der Waals surface area contributed by atoms with E-state index in [1.165, 1.54) is 71.5 Å². The third kappa shape index (κ3) is 8.66. The molecule has 6 nitrogen and oxygen atoms in total. The zero-order chi connectivity index (χ0) is 20.2. The van der Waals surface area contributed by atoms with Crippen molar-refractivity contribution in [1.82, 2.24) is 25.3 Å². The molecular formula is C22H45N5O. The van der Waals surface area contributed by atoms with E-state index in [0.29, 0.717) is 12.0 Å². The molecule has 0 bridgehead atoms. The van der Waals surface area contributed by atoms with E-state index in [-0.39, 0.29) is 6.03 Å². The average molecular weight is 396 g/mol. The highest BCUT2D eigenvalue weighted by atomic mass is 16.2. The van der Waals surface area contributed by atoms with Crippen molar-refractivity contribution in [2.24, 2.45) is 5.92 Å². The van der Waals surface area contributed by atoms with Gasteiger partial charge in [-0.3, -0.25) is 4.90 Å². The Kier molecular flexibility index (Phi) is 11.2.